The Hall–Kier alpha value is -5.35. The summed E-state index contributed by atoms with van der Waals surface area (Å²) in [4.78, 5) is 20.8. The number of carbonyl (C=O) groups excluding carboxylic acids is 1. The van der Waals surface area contributed by atoms with Crippen LogP contribution >= 0.6 is 0 Å². The van der Waals surface area contributed by atoms with E-state index in [0.29, 0.717) is 19.5 Å². The topological polar surface area (TPSA) is 92.8 Å². The van der Waals surface area contributed by atoms with Gasteiger partial charge in [-0.05, 0) is 53.9 Å². The Labute approximate surface area is 250 Å². The highest BCUT2D eigenvalue weighted by Gasteiger charge is 2.41. The van der Waals surface area contributed by atoms with E-state index in [1.54, 1.807) is 24.5 Å². The molecule has 6 aromatic rings. The number of pyridine rings is 2. The largest absolute Gasteiger partial charge is 0.491 e. The Morgan fingerprint density at radius 2 is 1.66 bits per heavy atom. The minimum absolute atomic E-state index is 0.133. The summed E-state index contributed by atoms with van der Waals surface area (Å²) < 4.78 is 41.9. The van der Waals surface area contributed by atoms with Crippen LogP contribution in [0, 0.1) is 0 Å². The van der Waals surface area contributed by atoms with Crippen molar-refractivity contribution in [3.05, 3.63) is 121 Å². The van der Waals surface area contributed by atoms with Gasteiger partial charge in [-0.25, -0.2) is 9.78 Å². The molecule has 0 atom stereocenters. The molecule has 0 fully saturated rings. The first-order valence-corrected chi connectivity index (χ1v) is 13.9. The van der Waals surface area contributed by atoms with Gasteiger partial charge in [-0.2, -0.15) is 18.3 Å². The van der Waals surface area contributed by atoms with Crippen LogP contribution in [0.5, 0.6) is 5.75 Å². The van der Waals surface area contributed by atoms with E-state index in [9.17, 15) is 18.0 Å². The zero-order chi connectivity index (χ0) is 30.5. The molecular formula is C34H26F3N5O2. The molecule has 3 aromatic heterocycles. The lowest BCUT2D eigenvalue weighted by atomic mass is 9.96. The number of aromatic nitrogens is 4. The molecule has 0 aliphatic heterocycles. The summed E-state index contributed by atoms with van der Waals surface area (Å²) in [6, 6.07) is 28.5. The molecule has 0 aliphatic carbocycles. The number of nitrogens with zero attached hydrogens (tertiary/aromatic N) is 3. The summed E-state index contributed by atoms with van der Waals surface area (Å²) in [5.41, 5.74) is 8.21. The summed E-state index contributed by atoms with van der Waals surface area (Å²) in [5, 5.41) is 11.2. The maximum atomic E-state index is 12.5. The second kappa shape index (κ2) is 12.5. The van der Waals surface area contributed by atoms with Crippen LogP contribution in [0.3, 0.4) is 0 Å². The van der Waals surface area contributed by atoms with Crippen molar-refractivity contribution >= 4 is 16.9 Å². The molecule has 10 heteroatoms. The first-order valence-electron chi connectivity index (χ1n) is 13.9. The average Bonchev–Trinajstić information content (AvgIpc) is 3.58. The SMILES string of the molecule is O=C(Oc1cccc(CCNCc2ccc(-c3nc4ccnc(-c5cn[nH]c5)c4cc3-c3ccccc3)cc2)c1)C(F)(F)F. The van der Waals surface area contributed by atoms with Gasteiger partial charge in [0.25, 0.3) is 0 Å². The smallest absolute Gasteiger partial charge is 0.420 e. The fourth-order valence-corrected chi connectivity index (χ4v) is 4.94. The lowest BCUT2D eigenvalue weighted by Crippen LogP contribution is -2.28. The molecule has 0 amide bonds. The van der Waals surface area contributed by atoms with Crippen molar-refractivity contribution in [2.45, 2.75) is 19.1 Å². The zero-order valence-corrected chi connectivity index (χ0v) is 23.3. The number of hydrogen-bond acceptors (Lipinski definition) is 6. The summed E-state index contributed by atoms with van der Waals surface area (Å²) >= 11 is 0. The molecule has 0 radical (unpaired) electrons. The first-order chi connectivity index (χ1) is 21.3. The van der Waals surface area contributed by atoms with E-state index >= 15 is 0 Å². The number of benzene rings is 3. The molecule has 0 saturated heterocycles. The third-order valence-corrected chi connectivity index (χ3v) is 7.09. The lowest BCUT2D eigenvalue weighted by Gasteiger charge is -2.14. The summed E-state index contributed by atoms with van der Waals surface area (Å²) in [6.45, 7) is 1.18. The van der Waals surface area contributed by atoms with Crippen molar-refractivity contribution in [1.29, 1.82) is 0 Å². The third-order valence-electron chi connectivity index (χ3n) is 7.09. The Morgan fingerprint density at radius 1 is 0.841 bits per heavy atom. The van der Waals surface area contributed by atoms with Gasteiger partial charge in [-0.1, -0.05) is 66.7 Å². The van der Waals surface area contributed by atoms with E-state index in [1.807, 2.05) is 54.7 Å². The van der Waals surface area contributed by atoms with Gasteiger partial charge in [0.2, 0.25) is 0 Å². The van der Waals surface area contributed by atoms with Crippen LogP contribution in [0.1, 0.15) is 11.1 Å². The lowest BCUT2D eigenvalue weighted by molar-refractivity contribution is -0.189. The monoisotopic (exact) mass is 593 g/mol. The van der Waals surface area contributed by atoms with Crippen molar-refractivity contribution in [1.82, 2.24) is 25.5 Å². The predicted molar refractivity (Wildman–Crippen MR) is 162 cm³/mol. The van der Waals surface area contributed by atoms with Gasteiger partial charge in [0, 0.05) is 41.0 Å². The quantitative estimate of drug-likeness (QED) is 0.105. The molecule has 0 unspecified atom stereocenters. The number of halogens is 3. The third kappa shape index (κ3) is 6.50. The molecule has 6 rings (SSSR count). The van der Waals surface area contributed by atoms with Crippen LogP contribution < -0.4 is 10.1 Å². The second-order valence-electron chi connectivity index (χ2n) is 10.1. The standard InChI is InChI=1S/C34H26F3N5O2/c35-34(36,37)33(43)44-27-8-4-5-22(17-27)13-15-38-19-23-9-11-25(12-10-23)32-28(24-6-2-1-3-7-24)18-29-30(42-32)14-16-39-31(29)26-20-40-41-21-26/h1-12,14,16-18,20-21,38H,13,15,19H2,(H,40,41). The first kappa shape index (κ1) is 28.8. The Morgan fingerprint density at radius 3 is 2.41 bits per heavy atom. The second-order valence-corrected chi connectivity index (χ2v) is 10.1. The van der Waals surface area contributed by atoms with Gasteiger partial charge in [0.1, 0.15) is 5.75 Å². The number of H-pyrrole nitrogens is 1. The number of alkyl halides is 3. The maximum absolute atomic E-state index is 12.5. The summed E-state index contributed by atoms with van der Waals surface area (Å²) in [7, 11) is 0. The van der Waals surface area contributed by atoms with Crippen molar-refractivity contribution in [2.75, 3.05) is 6.54 Å². The molecule has 44 heavy (non-hydrogen) atoms. The minimum Gasteiger partial charge on any atom is -0.420 e. The number of ether oxygens (including phenoxy) is 1. The van der Waals surface area contributed by atoms with Gasteiger partial charge in [0.15, 0.2) is 0 Å². The van der Waals surface area contributed by atoms with Gasteiger partial charge in [-0.3, -0.25) is 10.1 Å². The summed E-state index contributed by atoms with van der Waals surface area (Å²) in [6.07, 6.45) is 0.826. The van der Waals surface area contributed by atoms with Crippen LogP contribution in [-0.2, 0) is 17.8 Å². The molecule has 7 nitrogen and oxygen atoms in total. The zero-order valence-electron chi connectivity index (χ0n) is 23.3. The highest BCUT2D eigenvalue weighted by molar-refractivity contribution is 5.98. The Bertz CT molecular complexity index is 1890. The van der Waals surface area contributed by atoms with Crippen LogP contribution in [0.4, 0.5) is 13.2 Å². The molecule has 0 aliphatic rings. The maximum Gasteiger partial charge on any atom is 0.491 e. The predicted octanol–water partition coefficient (Wildman–Crippen LogP) is 7.15. The van der Waals surface area contributed by atoms with Crippen molar-refractivity contribution in [3.63, 3.8) is 0 Å². The number of esters is 1. The van der Waals surface area contributed by atoms with Crippen LogP contribution in [0.15, 0.2) is 110 Å². The average molecular weight is 594 g/mol. The fraction of sp³-hybridized carbons (Fsp3) is 0.118. The molecule has 0 spiro atoms. The number of aromatic amines is 1. The fourth-order valence-electron chi connectivity index (χ4n) is 4.94. The van der Waals surface area contributed by atoms with Gasteiger partial charge in [-0.15, -0.1) is 0 Å². The van der Waals surface area contributed by atoms with E-state index < -0.39 is 12.1 Å². The number of hydrogen-bond donors (Lipinski definition) is 2. The van der Waals surface area contributed by atoms with Crippen LogP contribution in [-0.4, -0.2) is 38.9 Å². The summed E-state index contributed by atoms with van der Waals surface area (Å²) in [5.74, 6) is -2.37. The molecule has 3 aromatic carbocycles. The van der Waals surface area contributed by atoms with Crippen molar-refractivity contribution < 1.29 is 22.7 Å². The van der Waals surface area contributed by atoms with Gasteiger partial charge < -0.3 is 10.1 Å². The van der Waals surface area contributed by atoms with E-state index in [-0.39, 0.29) is 5.75 Å². The van der Waals surface area contributed by atoms with Crippen LogP contribution in [0.2, 0.25) is 0 Å². The van der Waals surface area contributed by atoms with Gasteiger partial charge in [0.05, 0.1) is 23.1 Å². The van der Waals surface area contributed by atoms with E-state index in [0.717, 1.165) is 55.7 Å². The van der Waals surface area contributed by atoms with E-state index in [4.69, 9.17) is 4.98 Å². The van der Waals surface area contributed by atoms with Crippen molar-refractivity contribution in [2.24, 2.45) is 0 Å². The van der Waals surface area contributed by atoms with E-state index in [2.05, 4.69) is 43.4 Å². The normalized spacial score (nSPS) is 11.5. The highest BCUT2D eigenvalue weighted by atomic mass is 19.4. The minimum atomic E-state index is -5.04. The molecule has 3 heterocycles. The number of rotatable bonds is 9. The van der Waals surface area contributed by atoms with Crippen LogP contribution in [0.25, 0.3) is 44.5 Å². The molecule has 0 saturated carbocycles. The van der Waals surface area contributed by atoms with Gasteiger partial charge >= 0.3 is 12.1 Å². The Balaban J connectivity index is 1.17. The number of nitrogens with one attached hydrogen (secondary N) is 2. The Kier molecular flexibility index (Phi) is 8.16. The number of fused-ring (bicyclic) bond motifs is 1. The molecule has 0 bridgehead atoms. The van der Waals surface area contributed by atoms with Crippen molar-refractivity contribution in [3.8, 4) is 39.4 Å². The van der Waals surface area contributed by atoms with E-state index in [1.165, 1.54) is 12.1 Å². The molecule has 220 valence electrons. The highest BCUT2D eigenvalue weighted by Crippen LogP contribution is 2.36. The molecule has 2 N–H and O–H groups in total. The number of carbonyl (C=O) groups is 1. The molecular weight excluding hydrogens is 567 g/mol.